The summed E-state index contributed by atoms with van der Waals surface area (Å²) in [4.78, 5) is 49.5. The van der Waals surface area contributed by atoms with Crippen molar-refractivity contribution >= 4 is 24.2 Å². The summed E-state index contributed by atoms with van der Waals surface area (Å²) in [5.74, 6) is -3.14. The number of rotatable bonds is 16. The van der Waals surface area contributed by atoms with Crippen molar-refractivity contribution in [2.45, 2.75) is 93.2 Å². The van der Waals surface area contributed by atoms with Crippen LogP contribution in [0.25, 0.3) is 0 Å². The van der Waals surface area contributed by atoms with Gasteiger partial charge in [-0.1, -0.05) is 61.5 Å². The first-order chi connectivity index (χ1) is 19.5. The summed E-state index contributed by atoms with van der Waals surface area (Å²) < 4.78 is 26.7. The van der Waals surface area contributed by atoms with Crippen LogP contribution < -0.4 is 15.2 Å². The second-order valence-corrected chi connectivity index (χ2v) is 11.9. The Hall–Kier alpha value is -3.34. The summed E-state index contributed by atoms with van der Waals surface area (Å²) in [5, 5.41) is 9.81. The van der Waals surface area contributed by atoms with Gasteiger partial charge in [0.15, 0.2) is 11.5 Å². The molecule has 0 aliphatic heterocycles. The predicted octanol–water partition coefficient (Wildman–Crippen LogP) is 6.17. The standard InChI is InChI=1S/C31H49NO10/c1-17(2)12-14-38-30(36)41-24-11-10-23(16-25(24)42-31(37)39-15-13-18(3)4)26(27(32)28(33)34)21(8)22(9)40-29(35)20(7)19(5)6/h10-11,16-22,26-27H,12-15,32H2,1-9H3,(H,33,34)/t20?,21?,22?,26?,27-/m0/s1. The number of carbonyl (C=O) groups is 4. The van der Waals surface area contributed by atoms with Crippen molar-refractivity contribution in [3.05, 3.63) is 23.8 Å². The van der Waals surface area contributed by atoms with Crippen molar-refractivity contribution in [1.82, 2.24) is 0 Å². The minimum atomic E-state index is -1.40. The van der Waals surface area contributed by atoms with Crippen molar-refractivity contribution in [3.63, 3.8) is 0 Å². The van der Waals surface area contributed by atoms with Gasteiger partial charge >= 0.3 is 24.2 Å². The summed E-state index contributed by atoms with van der Waals surface area (Å²) in [6.45, 7) is 17.1. The maximum atomic E-state index is 12.6. The molecule has 0 fully saturated rings. The molecule has 0 amide bonds. The molecule has 3 N–H and O–H groups in total. The fraction of sp³-hybridized carbons (Fsp3) is 0.677. The Balaban J connectivity index is 3.39. The molecule has 0 saturated heterocycles. The van der Waals surface area contributed by atoms with Crippen LogP contribution in [0.3, 0.4) is 0 Å². The summed E-state index contributed by atoms with van der Waals surface area (Å²) in [7, 11) is 0. The van der Waals surface area contributed by atoms with E-state index in [0.29, 0.717) is 30.2 Å². The molecule has 238 valence electrons. The first-order valence-corrected chi connectivity index (χ1v) is 14.6. The van der Waals surface area contributed by atoms with Crippen LogP contribution in [0.1, 0.15) is 86.6 Å². The van der Waals surface area contributed by atoms with Gasteiger partial charge in [-0.15, -0.1) is 0 Å². The second kappa shape index (κ2) is 17.6. The highest BCUT2D eigenvalue weighted by molar-refractivity contribution is 5.75. The van der Waals surface area contributed by atoms with Gasteiger partial charge in [-0.05, 0) is 55.2 Å². The number of hydrogen-bond donors (Lipinski definition) is 2. The molecule has 11 nitrogen and oxygen atoms in total. The van der Waals surface area contributed by atoms with E-state index < -0.39 is 48.2 Å². The lowest BCUT2D eigenvalue weighted by molar-refractivity contribution is -0.157. The van der Waals surface area contributed by atoms with E-state index in [0.717, 1.165) is 0 Å². The number of nitrogens with two attached hydrogens (primary N) is 1. The summed E-state index contributed by atoms with van der Waals surface area (Å²) >= 11 is 0. The van der Waals surface area contributed by atoms with Crippen molar-refractivity contribution in [3.8, 4) is 11.5 Å². The number of carboxylic acids is 1. The lowest BCUT2D eigenvalue weighted by Crippen LogP contribution is -2.43. The lowest BCUT2D eigenvalue weighted by Gasteiger charge is -2.32. The fourth-order valence-electron chi connectivity index (χ4n) is 3.84. The third-order valence-corrected chi connectivity index (χ3v) is 7.22. The van der Waals surface area contributed by atoms with Crippen LogP contribution in [-0.2, 0) is 23.8 Å². The molecule has 0 aliphatic carbocycles. The topological polar surface area (TPSA) is 161 Å². The van der Waals surface area contributed by atoms with Crippen LogP contribution in [0, 0.1) is 29.6 Å². The van der Waals surface area contributed by atoms with Gasteiger partial charge in [0, 0.05) is 11.8 Å². The average molecular weight is 596 g/mol. The molecule has 1 aromatic rings. The van der Waals surface area contributed by atoms with Crippen LogP contribution in [0.2, 0.25) is 0 Å². The fourth-order valence-corrected chi connectivity index (χ4v) is 3.84. The van der Waals surface area contributed by atoms with Crippen LogP contribution in [-0.4, -0.2) is 54.7 Å². The summed E-state index contributed by atoms with van der Waals surface area (Å²) in [6.07, 6.45) is -1.48. The number of carbonyl (C=O) groups excluding carboxylic acids is 3. The lowest BCUT2D eigenvalue weighted by atomic mass is 9.79. The second-order valence-electron chi connectivity index (χ2n) is 11.9. The third-order valence-electron chi connectivity index (χ3n) is 7.22. The molecule has 0 aliphatic rings. The Morgan fingerprint density at radius 1 is 0.786 bits per heavy atom. The van der Waals surface area contributed by atoms with Crippen LogP contribution >= 0.6 is 0 Å². The van der Waals surface area contributed by atoms with Crippen LogP contribution in [0.5, 0.6) is 11.5 Å². The maximum Gasteiger partial charge on any atom is 0.513 e. The molecular weight excluding hydrogens is 546 g/mol. The van der Waals surface area contributed by atoms with E-state index in [9.17, 15) is 24.3 Å². The van der Waals surface area contributed by atoms with E-state index in [-0.39, 0.29) is 36.5 Å². The molecule has 5 atom stereocenters. The van der Waals surface area contributed by atoms with E-state index in [4.69, 9.17) is 29.4 Å². The Morgan fingerprint density at radius 2 is 1.29 bits per heavy atom. The Labute approximate surface area is 249 Å². The molecule has 42 heavy (non-hydrogen) atoms. The van der Waals surface area contributed by atoms with Crippen molar-refractivity contribution < 1.29 is 48.0 Å². The molecule has 0 bridgehead atoms. The van der Waals surface area contributed by atoms with Gasteiger partial charge in [-0.25, -0.2) is 9.59 Å². The number of hydrogen-bond acceptors (Lipinski definition) is 10. The molecule has 0 heterocycles. The van der Waals surface area contributed by atoms with Crippen LogP contribution in [0.4, 0.5) is 9.59 Å². The number of esters is 1. The normalized spacial score (nSPS) is 15.0. The highest BCUT2D eigenvalue weighted by atomic mass is 16.7. The van der Waals surface area contributed by atoms with Gasteiger partial charge in [0.1, 0.15) is 12.1 Å². The molecule has 4 unspecified atom stereocenters. The minimum Gasteiger partial charge on any atom is -0.480 e. The molecular formula is C31H49NO10. The summed E-state index contributed by atoms with van der Waals surface area (Å²) in [5.41, 5.74) is 6.50. The number of ether oxygens (including phenoxy) is 5. The zero-order chi connectivity index (χ0) is 32.1. The number of benzene rings is 1. The molecule has 1 aromatic carbocycles. The molecule has 1 rings (SSSR count). The van der Waals surface area contributed by atoms with E-state index >= 15 is 0 Å². The van der Waals surface area contributed by atoms with Gasteiger partial charge in [0.2, 0.25) is 0 Å². The molecule has 0 aromatic heterocycles. The van der Waals surface area contributed by atoms with Crippen molar-refractivity contribution in [2.75, 3.05) is 13.2 Å². The Kier molecular flexibility index (Phi) is 15.4. The average Bonchev–Trinajstić information content (AvgIpc) is 2.88. The zero-order valence-corrected chi connectivity index (χ0v) is 26.4. The summed E-state index contributed by atoms with van der Waals surface area (Å²) in [6, 6.07) is 2.85. The van der Waals surface area contributed by atoms with E-state index in [1.165, 1.54) is 18.2 Å². The van der Waals surface area contributed by atoms with E-state index in [1.807, 2.05) is 41.5 Å². The number of aliphatic carboxylic acids is 1. The molecule has 0 spiro atoms. The Bertz CT molecular complexity index is 1040. The first-order valence-electron chi connectivity index (χ1n) is 14.6. The largest absolute Gasteiger partial charge is 0.513 e. The quantitative estimate of drug-likeness (QED) is 0.128. The van der Waals surface area contributed by atoms with Crippen molar-refractivity contribution in [2.24, 2.45) is 35.3 Å². The van der Waals surface area contributed by atoms with Gasteiger partial charge in [0.25, 0.3) is 0 Å². The van der Waals surface area contributed by atoms with Gasteiger partial charge in [-0.3, -0.25) is 9.59 Å². The predicted molar refractivity (Wildman–Crippen MR) is 156 cm³/mol. The third kappa shape index (κ3) is 12.3. The SMILES string of the molecule is CC(C)CCOC(=O)Oc1ccc(C(C(C)C(C)OC(=O)C(C)C(C)C)[C@H](N)C(=O)O)cc1OC(=O)OCCC(C)C. The maximum absolute atomic E-state index is 12.6. The van der Waals surface area contributed by atoms with Crippen LogP contribution in [0.15, 0.2) is 18.2 Å². The molecule has 0 saturated carbocycles. The van der Waals surface area contributed by atoms with Gasteiger partial charge in [0.05, 0.1) is 19.1 Å². The number of carboxylic acid groups (broad SMARTS) is 1. The molecule has 0 radical (unpaired) electrons. The van der Waals surface area contributed by atoms with E-state index in [2.05, 4.69) is 0 Å². The monoisotopic (exact) mass is 595 g/mol. The molecule has 11 heteroatoms. The smallest absolute Gasteiger partial charge is 0.480 e. The Morgan fingerprint density at radius 3 is 1.74 bits per heavy atom. The van der Waals surface area contributed by atoms with Crippen molar-refractivity contribution in [1.29, 1.82) is 0 Å². The first kappa shape index (κ1) is 36.7. The highest BCUT2D eigenvalue weighted by Gasteiger charge is 2.36. The van der Waals surface area contributed by atoms with Gasteiger partial charge in [-0.2, -0.15) is 0 Å². The zero-order valence-electron chi connectivity index (χ0n) is 26.4. The van der Waals surface area contributed by atoms with E-state index in [1.54, 1.807) is 20.8 Å². The minimum absolute atomic E-state index is 0.0571. The highest BCUT2D eigenvalue weighted by Crippen LogP contribution is 2.37. The van der Waals surface area contributed by atoms with Gasteiger partial charge < -0.3 is 34.5 Å².